The molecule has 3 heteroatoms. The third-order valence-electron chi connectivity index (χ3n) is 4.59. The quantitative estimate of drug-likeness (QED) is 0.842. The Morgan fingerprint density at radius 1 is 1.12 bits per heavy atom. The van der Waals surface area contributed by atoms with Crippen LogP contribution in [0.1, 0.15) is 46.0 Å². The van der Waals surface area contributed by atoms with Gasteiger partial charge in [-0.2, -0.15) is 11.8 Å². The third kappa shape index (κ3) is 3.62. The third-order valence-corrected chi connectivity index (χ3v) is 5.96. The Morgan fingerprint density at radius 2 is 1.82 bits per heavy atom. The maximum atomic E-state index is 6.05. The maximum absolute atomic E-state index is 6.05. The van der Waals surface area contributed by atoms with E-state index >= 15 is 0 Å². The Kier molecular flexibility index (Phi) is 4.43. The molecule has 0 atom stereocenters. The van der Waals surface area contributed by atoms with Crippen LogP contribution in [0.15, 0.2) is 0 Å². The molecular weight excluding hydrogens is 228 g/mol. The van der Waals surface area contributed by atoms with Crippen molar-refractivity contribution in [1.82, 2.24) is 4.90 Å². The SMILES string of the molecule is CC1(C)CCN(CC2(CN)CCCC2)CCS1. The van der Waals surface area contributed by atoms with E-state index in [0.29, 0.717) is 10.2 Å². The molecule has 1 heterocycles. The Morgan fingerprint density at radius 3 is 2.47 bits per heavy atom. The Labute approximate surface area is 111 Å². The van der Waals surface area contributed by atoms with Crippen LogP contribution >= 0.6 is 11.8 Å². The first kappa shape index (κ1) is 13.7. The van der Waals surface area contributed by atoms with Crippen molar-refractivity contribution in [2.45, 2.75) is 50.7 Å². The normalized spacial score (nSPS) is 29.1. The summed E-state index contributed by atoms with van der Waals surface area (Å²) in [4.78, 5) is 2.68. The molecule has 0 aromatic carbocycles. The van der Waals surface area contributed by atoms with Crippen LogP contribution in [0.4, 0.5) is 0 Å². The molecule has 2 N–H and O–H groups in total. The Hall–Kier alpha value is 0.270. The lowest BCUT2D eigenvalue weighted by Gasteiger charge is -2.34. The van der Waals surface area contributed by atoms with Gasteiger partial charge in [-0.1, -0.05) is 26.7 Å². The zero-order chi connectivity index (χ0) is 12.4. The highest BCUT2D eigenvalue weighted by atomic mass is 32.2. The lowest BCUT2D eigenvalue weighted by Crippen LogP contribution is -2.42. The van der Waals surface area contributed by atoms with E-state index in [2.05, 4.69) is 30.5 Å². The molecule has 17 heavy (non-hydrogen) atoms. The first-order valence-electron chi connectivity index (χ1n) is 7.12. The van der Waals surface area contributed by atoms with E-state index < -0.39 is 0 Å². The second-order valence-electron chi connectivity index (χ2n) is 6.55. The minimum Gasteiger partial charge on any atom is -0.330 e. The van der Waals surface area contributed by atoms with Crippen LogP contribution in [0.3, 0.4) is 0 Å². The molecule has 1 aliphatic carbocycles. The molecular formula is C14H28N2S. The fourth-order valence-electron chi connectivity index (χ4n) is 3.25. The summed E-state index contributed by atoms with van der Waals surface area (Å²) in [5.41, 5.74) is 6.50. The number of nitrogens with zero attached hydrogens (tertiary/aromatic N) is 1. The van der Waals surface area contributed by atoms with E-state index in [9.17, 15) is 0 Å². The zero-order valence-corrected chi connectivity index (χ0v) is 12.3. The predicted octanol–water partition coefficient (Wildman–Crippen LogP) is 2.72. The van der Waals surface area contributed by atoms with Crippen molar-refractivity contribution in [2.24, 2.45) is 11.1 Å². The average molecular weight is 256 g/mol. The van der Waals surface area contributed by atoms with Crippen molar-refractivity contribution < 1.29 is 0 Å². The highest BCUT2D eigenvalue weighted by Gasteiger charge is 2.35. The number of hydrogen-bond donors (Lipinski definition) is 1. The second kappa shape index (κ2) is 5.50. The molecule has 0 radical (unpaired) electrons. The Balaban J connectivity index is 1.90. The number of rotatable bonds is 3. The van der Waals surface area contributed by atoms with Gasteiger partial charge in [0.25, 0.3) is 0 Å². The van der Waals surface area contributed by atoms with Gasteiger partial charge in [-0.15, -0.1) is 0 Å². The number of hydrogen-bond acceptors (Lipinski definition) is 3. The first-order valence-corrected chi connectivity index (χ1v) is 8.10. The van der Waals surface area contributed by atoms with Crippen molar-refractivity contribution in [3.8, 4) is 0 Å². The van der Waals surface area contributed by atoms with Crippen molar-refractivity contribution in [3.63, 3.8) is 0 Å². The van der Waals surface area contributed by atoms with Crippen LogP contribution in [0, 0.1) is 5.41 Å². The van der Waals surface area contributed by atoms with Gasteiger partial charge in [0.1, 0.15) is 0 Å². The van der Waals surface area contributed by atoms with Gasteiger partial charge in [0, 0.05) is 23.6 Å². The summed E-state index contributed by atoms with van der Waals surface area (Å²) in [5.74, 6) is 1.29. The van der Waals surface area contributed by atoms with E-state index in [4.69, 9.17) is 5.73 Å². The molecule has 0 amide bonds. The van der Waals surface area contributed by atoms with Crippen molar-refractivity contribution in [1.29, 1.82) is 0 Å². The van der Waals surface area contributed by atoms with Crippen LogP contribution in [-0.4, -0.2) is 41.6 Å². The average Bonchev–Trinajstić information content (AvgIpc) is 2.68. The summed E-state index contributed by atoms with van der Waals surface area (Å²) in [6.45, 7) is 9.43. The molecule has 1 saturated carbocycles. The fraction of sp³-hybridized carbons (Fsp3) is 1.00. The van der Waals surface area contributed by atoms with E-state index in [1.165, 1.54) is 57.5 Å². The Bertz CT molecular complexity index is 247. The van der Waals surface area contributed by atoms with E-state index in [-0.39, 0.29) is 0 Å². The molecule has 1 saturated heterocycles. The summed E-state index contributed by atoms with van der Waals surface area (Å²) in [7, 11) is 0. The molecule has 0 bridgehead atoms. The highest BCUT2D eigenvalue weighted by molar-refractivity contribution is 8.00. The summed E-state index contributed by atoms with van der Waals surface area (Å²) in [5, 5.41) is 0. The van der Waals surface area contributed by atoms with Crippen molar-refractivity contribution >= 4 is 11.8 Å². The minimum atomic E-state index is 0.457. The summed E-state index contributed by atoms with van der Waals surface area (Å²) in [6.07, 6.45) is 6.82. The van der Waals surface area contributed by atoms with Crippen molar-refractivity contribution in [2.75, 3.05) is 31.9 Å². The number of thioether (sulfide) groups is 1. The van der Waals surface area contributed by atoms with Gasteiger partial charge in [-0.05, 0) is 37.8 Å². The summed E-state index contributed by atoms with van der Waals surface area (Å²) in [6, 6.07) is 0. The molecule has 2 rings (SSSR count). The van der Waals surface area contributed by atoms with Crippen LogP contribution in [0.5, 0.6) is 0 Å². The molecule has 0 unspecified atom stereocenters. The monoisotopic (exact) mass is 256 g/mol. The molecule has 0 aromatic heterocycles. The molecule has 1 aliphatic heterocycles. The van der Waals surface area contributed by atoms with Gasteiger partial charge < -0.3 is 10.6 Å². The molecule has 100 valence electrons. The predicted molar refractivity (Wildman–Crippen MR) is 77.5 cm³/mol. The van der Waals surface area contributed by atoms with Gasteiger partial charge >= 0.3 is 0 Å². The molecule has 2 aliphatic rings. The van der Waals surface area contributed by atoms with E-state index in [0.717, 1.165) is 6.54 Å². The zero-order valence-electron chi connectivity index (χ0n) is 11.5. The molecule has 2 nitrogen and oxygen atoms in total. The number of nitrogens with two attached hydrogens (primary N) is 1. The van der Waals surface area contributed by atoms with Crippen LogP contribution < -0.4 is 5.73 Å². The van der Waals surface area contributed by atoms with Crippen LogP contribution in [-0.2, 0) is 0 Å². The second-order valence-corrected chi connectivity index (χ2v) is 8.35. The lowest BCUT2D eigenvalue weighted by atomic mass is 9.85. The lowest BCUT2D eigenvalue weighted by molar-refractivity contribution is 0.163. The van der Waals surface area contributed by atoms with Crippen molar-refractivity contribution in [3.05, 3.63) is 0 Å². The summed E-state index contributed by atoms with van der Waals surface area (Å²) >= 11 is 2.14. The van der Waals surface area contributed by atoms with Crippen LogP contribution in [0.2, 0.25) is 0 Å². The topological polar surface area (TPSA) is 29.3 Å². The van der Waals surface area contributed by atoms with Gasteiger partial charge in [-0.25, -0.2) is 0 Å². The van der Waals surface area contributed by atoms with Gasteiger partial charge in [0.2, 0.25) is 0 Å². The highest BCUT2D eigenvalue weighted by Crippen LogP contribution is 2.39. The molecule has 0 spiro atoms. The largest absolute Gasteiger partial charge is 0.330 e. The molecule has 0 aromatic rings. The van der Waals surface area contributed by atoms with Crippen LogP contribution in [0.25, 0.3) is 0 Å². The minimum absolute atomic E-state index is 0.457. The van der Waals surface area contributed by atoms with Gasteiger partial charge in [0.15, 0.2) is 0 Å². The van der Waals surface area contributed by atoms with E-state index in [1.807, 2.05) is 0 Å². The van der Waals surface area contributed by atoms with Gasteiger partial charge in [0.05, 0.1) is 0 Å². The first-order chi connectivity index (χ1) is 8.05. The summed E-state index contributed by atoms with van der Waals surface area (Å²) < 4.78 is 0.473. The molecule has 2 fully saturated rings. The standard InChI is InChI=1S/C14H28N2S/c1-13(2)7-8-16(9-10-17-13)12-14(11-15)5-3-4-6-14/h3-12,15H2,1-2H3. The maximum Gasteiger partial charge on any atom is 0.0116 e. The smallest absolute Gasteiger partial charge is 0.0116 e. The van der Waals surface area contributed by atoms with E-state index in [1.54, 1.807) is 0 Å². The van der Waals surface area contributed by atoms with Gasteiger partial charge in [-0.3, -0.25) is 0 Å². The fourth-order valence-corrected chi connectivity index (χ4v) is 4.38.